The number of nitrogens with zero attached hydrogens (tertiary/aromatic N) is 5. The number of aromatic nitrogens is 6. The molecule has 0 amide bonds. The number of carbonyl (C=O) groups excluding carboxylic acids is 2. The number of Topliss-reactive ketones (excluding diaryl/α,β-unsaturated/α-hetero) is 1. The first kappa shape index (κ1) is 20.0. The lowest BCUT2D eigenvalue weighted by molar-refractivity contribution is 0.0972. The molecule has 0 spiro atoms. The maximum absolute atomic E-state index is 12.7. The molecule has 4 N–H and O–H groups in total. The average molecular weight is 400 g/mol. The second-order valence-corrected chi connectivity index (χ2v) is 6.79. The van der Waals surface area contributed by atoms with Crippen LogP contribution in [0.4, 0.5) is 0 Å². The van der Waals surface area contributed by atoms with Crippen LogP contribution >= 0.6 is 0 Å². The highest BCUT2D eigenvalue weighted by atomic mass is 16.3. The number of aromatic hydroxyl groups is 3. The molecule has 2 heterocycles. The Labute approximate surface area is 165 Å². The van der Waals surface area contributed by atoms with Crippen molar-refractivity contribution >= 4 is 11.6 Å². The van der Waals surface area contributed by atoms with E-state index in [4.69, 9.17) is 0 Å². The van der Waals surface area contributed by atoms with E-state index in [1.807, 2.05) is 0 Å². The number of benzene rings is 1. The van der Waals surface area contributed by atoms with Crippen LogP contribution in [-0.2, 0) is 6.54 Å². The molecule has 0 aliphatic rings. The van der Waals surface area contributed by atoms with Gasteiger partial charge in [-0.15, -0.1) is 5.10 Å². The average Bonchev–Trinajstić information content (AvgIpc) is 3.37. The Hall–Kier alpha value is -3.76. The van der Waals surface area contributed by atoms with Gasteiger partial charge in [-0.3, -0.25) is 14.3 Å². The molecule has 0 saturated carbocycles. The fourth-order valence-corrected chi connectivity index (χ4v) is 2.80. The highest BCUT2D eigenvalue weighted by Crippen LogP contribution is 2.43. The third kappa shape index (κ3) is 4.08. The molecule has 11 nitrogen and oxygen atoms in total. The van der Waals surface area contributed by atoms with Crippen LogP contribution in [0.25, 0.3) is 0 Å². The van der Waals surface area contributed by atoms with E-state index in [1.165, 1.54) is 23.1 Å². The van der Waals surface area contributed by atoms with Crippen LogP contribution in [0.15, 0.2) is 18.5 Å². The number of nitrogens with one attached hydrogen (secondary N) is 1. The highest BCUT2D eigenvalue weighted by Gasteiger charge is 2.25. The molecule has 29 heavy (non-hydrogen) atoms. The van der Waals surface area contributed by atoms with Gasteiger partial charge in [-0.05, 0) is 18.4 Å². The topological polar surface area (TPSA) is 167 Å². The Kier molecular flexibility index (Phi) is 5.57. The van der Waals surface area contributed by atoms with Crippen molar-refractivity contribution in [2.75, 3.05) is 0 Å². The summed E-state index contributed by atoms with van der Waals surface area (Å²) in [7, 11) is 0. The quantitative estimate of drug-likeness (QED) is 0.324. The minimum atomic E-state index is -0.752. The van der Waals surface area contributed by atoms with E-state index in [-0.39, 0.29) is 35.1 Å². The number of ketones is 2. The molecule has 0 fully saturated rings. The normalized spacial score (nSPS) is 11.1. The molecule has 0 bridgehead atoms. The van der Waals surface area contributed by atoms with E-state index < -0.39 is 23.0 Å². The smallest absolute Gasteiger partial charge is 0.218 e. The summed E-state index contributed by atoms with van der Waals surface area (Å²) in [5.41, 5.74) is 0.352. The first-order valence-electron chi connectivity index (χ1n) is 8.91. The molecule has 0 unspecified atom stereocenters. The molecule has 1 aromatic carbocycles. The van der Waals surface area contributed by atoms with Crippen molar-refractivity contribution < 1.29 is 24.9 Å². The maximum atomic E-state index is 12.7. The molecule has 0 aliphatic carbocycles. The van der Waals surface area contributed by atoms with E-state index in [9.17, 15) is 24.9 Å². The summed E-state index contributed by atoms with van der Waals surface area (Å²) < 4.78 is 1.41. The highest BCUT2D eigenvalue weighted by molar-refractivity contribution is 6.10. The number of rotatable bonds is 8. The Morgan fingerprint density at radius 1 is 1.14 bits per heavy atom. The monoisotopic (exact) mass is 400 g/mol. The van der Waals surface area contributed by atoms with Crippen LogP contribution in [-0.4, -0.2) is 57.3 Å². The predicted molar refractivity (Wildman–Crippen MR) is 98.9 cm³/mol. The number of aryl methyl sites for hydroxylation is 1. The zero-order valence-corrected chi connectivity index (χ0v) is 15.8. The number of phenolic OH excluding ortho intramolecular Hbond substituents is 3. The fourth-order valence-electron chi connectivity index (χ4n) is 2.80. The van der Waals surface area contributed by atoms with Crippen LogP contribution < -0.4 is 0 Å². The minimum absolute atomic E-state index is 0.0390. The molecule has 0 aliphatic heterocycles. The van der Waals surface area contributed by atoms with Gasteiger partial charge in [-0.1, -0.05) is 19.1 Å². The van der Waals surface area contributed by atoms with Gasteiger partial charge >= 0.3 is 0 Å². The summed E-state index contributed by atoms with van der Waals surface area (Å²) in [5, 5.41) is 47.3. The van der Waals surface area contributed by atoms with Crippen molar-refractivity contribution in [3.63, 3.8) is 0 Å². The van der Waals surface area contributed by atoms with Crippen LogP contribution in [0.5, 0.6) is 17.2 Å². The van der Waals surface area contributed by atoms with Crippen molar-refractivity contribution in [2.45, 2.75) is 39.2 Å². The van der Waals surface area contributed by atoms with Crippen molar-refractivity contribution in [2.24, 2.45) is 0 Å². The number of phenols is 3. The first-order chi connectivity index (χ1) is 13.8. The van der Waals surface area contributed by atoms with Gasteiger partial charge in [-0.2, -0.15) is 15.4 Å². The van der Waals surface area contributed by atoms with Crippen LogP contribution in [0, 0.1) is 0 Å². The maximum Gasteiger partial charge on any atom is 0.218 e. The van der Waals surface area contributed by atoms with E-state index >= 15 is 0 Å². The van der Waals surface area contributed by atoms with Crippen LogP contribution in [0.3, 0.4) is 0 Å². The van der Waals surface area contributed by atoms with E-state index in [0.717, 1.165) is 0 Å². The Bertz CT molecular complexity index is 1040. The number of aromatic amines is 1. The molecule has 2 aromatic heterocycles. The summed E-state index contributed by atoms with van der Waals surface area (Å²) >= 11 is 0. The summed E-state index contributed by atoms with van der Waals surface area (Å²) in [4.78, 5) is 24.6. The van der Waals surface area contributed by atoms with Crippen molar-refractivity contribution in [1.29, 1.82) is 0 Å². The van der Waals surface area contributed by atoms with Crippen molar-refractivity contribution in [3.05, 3.63) is 41.0 Å². The molecular weight excluding hydrogens is 380 g/mol. The molecule has 0 atom stereocenters. The lowest BCUT2D eigenvalue weighted by atomic mass is 9.96. The van der Waals surface area contributed by atoms with Crippen LogP contribution in [0.1, 0.15) is 64.7 Å². The van der Waals surface area contributed by atoms with Gasteiger partial charge in [0.15, 0.2) is 23.0 Å². The molecule has 152 valence electrons. The Morgan fingerprint density at radius 3 is 2.55 bits per heavy atom. The lowest BCUT2D eigenvalue weighted by Crippen LogP contribution is -2.05. The largest absolute Gasteiger partial charge is 0.504 e. The van der Waals surface area contributed by atoms with Gasteiger partial charge in [0.1, 0.15) is 5.69 Å². The predicted octanol–water partition coefficient (Wildman–Crippen LogP) is 1.53. The Balaban J connectivity index is 1.72. The molecule has 11 heteroatoms. The molecule has 3 aromatic rings. The fraction of sp³-hybridized carbons (Fsp3) is 0.333. The summed E-state index contributed by atoms with van der Waals surface area (Å²) in [5.74, 6) is -2.94. The van der Waals surface area contributed by atoms with E-state index in [1.54, 1.807) is 13.8 Å². The summed E-state index contributed by atoms with van der Waals surface area (Å²) in [6.45, 7) is 3.89. The van der Waals surface area contributed by atoms with Gasteiger partial charge in [0.05, 0.1) is 18.0 Å². The lowest BCUT2D eigenvalue weighted by Gasteiger charge is -2.13. The van der Waals surface area contributed by atoms with E-state index in [2.05, 4.69) is 25.7 Å². The molecule has 0 saturated heterocycles. The zero-order valence-electron chi connectivity index (χ0n) is 15.8. The SMILES string of the molecule is CC(C)c1cc(C(=O)c2cn(CCCC(=O)c3cn[nH]n3)nn2)c(O)c(O)c1O. The second kappa shape index (κ2) is 8.09. The van der Waals surface area contributed by atoms with Gasteiger partial charge in [0, 0.05) is 18.5 Å². The minimum Gasteiger partial charge on any atom is -0.504 e. The van der Waals surface area contributed by atoms with E-state index in [0.29, 0.717) is 18.5 Å². The number of hydrogen-bond acceptors (Lipinski definition) is 9. The standard InChI is InChI=1S/C18H20N6O5/c1-9(2)10-6-11(17(28)18(29)16(10)27)15(26)13-8-24(23-21-13)5-3-4-14(25)12-7-19-22-20-12/h6-9,27-29H,3-5H2,1-2H3,(H,19,20,22). The van der Waals surface area contributed by atoms with Gasteiger partial charge in [0.2, 0.25) is 11.5 Å². The van der Waals surface area contributed by atoms with Gasteiger partial charge < -0.3 is 15.3 Å². The zero-order chi connectivity index (χ0) is 21.1. The second-order valence-electron chi connectivity index (χ2n) is 6.79. The summed E-state index contributed by atoms with van der Waals surface area (Å²) in [6.07, 6.45) is 3.41. The first-order valence-corrected chi connectivity index (χ1v) is 8.91. The Morgan fingerprint density at radius 2 is 1.90 bits per heavy atom. The van der Waals surface area contributed by atoms with Crippen molar-refractivity contribution in [1.82, 2.24) is 30.4 Å². The third-order valence-electron chi connectivity index (χ3n) is 4.41. The van der Waals surface area contributed by atoms with Crippen molar-refractivity contribution in [3.8, 4) is 17.2 Å². The number of hydrogen-bond donors (Lipinski definition) is 4. The molecular formula is C18H20N6O5. The van der Waals surface area contributed by atoms with Gasteiger partial charge in [-0.25, -0.2) is 0 Å². The number of carbonyl (C=O) groups is 2. The molecule has 3 rings (SSSR count). The molecule has 0 radical (unpaired) electrons. The summed E-state index contributed by atoms with van der Waals surface area (Å²) in [6, 6.07) is 1.33. The van der Waals surface area contributed by atoms with Gasteiger partial charge in [0.25, 0.3) is 0 Å². The third-order valence-corrected chi connectivity index (χ3v) is 4.41. The van der Waals surface area contributed by atoms with Crippen LogP contribution in [0.2, 0.25) is 0 Å². The number of H-pyrrole nitrogens is 1.